The van der Waals surface area contributed by atoms with Crippen LogP contribution in [0.25, 0.3) is 10.7 Å². The molecule has 1 N–H and O–H groups in total. The summed E-state index contributed by atoms with van der Waals surface area (Å²) in [7, 11) is 1.82. The molecule has 94 valence electrons. The fourth-order valence-corrected chi connectivity index (χ4v) is 2.44. The summed E-state index contributed by atoms with van der Waals surface area (Å²) in [5, 5.41) is 14.2. The molecule has 0 spiro atoms. The molecule has 0 aliphatic carbocycles. The summed E-state index contributed by atoms with van der Waals surface area (Å²) in [6.45, 7) is 2.69. The highest BCUT2D eigenvalue weighted by atomic mass is 32.1. The zero-order chi connectivity index (χ0) is 13.0. The smallest absolute Gasteiger partial charge is 0.149 e. The van der Waals surface area contributed by atoms with Crippen LogP contribution < -0.4 is 5.32 Å². The summed E-state index contributed by atoms with van der Waals surface area (Å²) < 4.78 is 2.10. The van der Waals surface area contributed by atoms with Crippen molar-refractivity contribution in [3.05, 3.63) is 29.9 Å². The van der Waals surface area contributed by atoms with E-state index in [2.05, 4.69) is 27.0 Å². The van der Waals surface area contributed by atoms with Gasteiger partial charge in [0.15, 0.2) is 0 Å². The Bertz CT molecular complexity index is 538. The van der Waals surface area contributed by atoms with Crippen molar-refractivity contribution in [1.29, 1.82) is 5.26 Å². The van der Waals surface area contributed by atoms with E-state index in [4.69, 9.17) is 5.26 Å². The van der Waals surface area contributed by atoms with Crippen LogP contribution >= 0.6 is 11.3 Å². The van der Waals surface area contributed by atoms with Gasteiger partial charge in [-0.25, -0.2) is 4.98 Å². The molecule has 1 atom stereocenters. The summed E-state index contributed by atoms with van der Waals surface area (Å²) in [5.74, 6) is 0.974. The third kappa shape index (κ3) is 2.61. The first-order valence-electron chi connectivity index (χ1n) is 5.84. The molecular formula is C13H16N4S. The quantitative estimate of drug-likeness (QED) is 0.898. The number of hydrogen-bond donors (Lipinski definition) is 1. The fourth-order valence-electron chi connectivity index (χ4n) is 1.70. The van der Waals surface area contributed by atoms with E-state index in [1.165, 1.54) is 0 Å². The lowest BCUT2D eigenvalue weighted by molar-refractivity contribution is 0.423. The predicted molar refractivity (Wildman–Crippen MR) is 73.2 cm³/mol. The number of rotatable bonds is 5. The number of thiophene rings is 1. The van der Waals surface area contributed by atoms with Crippen molar-refractivity contribution >= 4 is 11.3 Å². The number of hydrogen-bond acceptors (Lipinski definition) is 4. The number of aromatic nitrogens is 2. The predicted octanol–water partition coefficient (Wildman–Crippen LogP) is 2.50. The van der Waals surface area contributed by atoms with Crippen LogP contribution in [0.2, 0.25) is 0 Å². The molecule has 0 amide bonds. The zero-order valence-electron chi connectivity index (χ0n) is 10.6. The van der Waals surface area contributed by atoms with Gasteiger partial charge >= 0.3 is 0 Å². The number of nitrogens with zero attached hydrogens (tertiary/aromatic N) is 3. The van der Waals surface area contributed by atoms with Crippen LogP contribution in [0.15, 0.2) is 29.9 Å². The molecule has 18 heavy (non-hydrogen) atoms. The highest BCUT2D eigenvalue weighted by Gasteiger charge is 2.21. The zero-order valence-corrected chi connectivity index (χ0v) is 11.4. The van der Waals surface area contributed by atoms with E-state index in [1.807, 2.05) is 31.6 Å². The fraction of sp³-hybridized carbons (Fsp3) is 0.385. The molecule has 2 aromatic heterocycles. The molecule has 2 aromatic rings. The second-order valence-electron chi connectivity index (χ2n) is 4.37. The first kappa shape index (κ1) is 12.8. The lowest BCUT2D eigenvalue weighted by Gasteiger charge is -2.21. The Balaban J connectivity index is 2.12. The van der Waals surface area contributed by atoms with Gasteiger partial charge in [0.25, 0.3) is 0 Å². The molecular weight excluding hydrogens is 244 g/mol. The van der Waals surface area contributed by atoms with Crippen LogP contribution in [0.3, 0.4) is 0 Å². The van der Waals surface area contributed by atoms with Gasteiger partial charge in [-0.1, -0.05) is 6.07 Å². The third-order valence-corrected chi connectivity index (χ3v) is 3.97. The lowest BCUT2D eigenvalue weighted by Crippen LogP contribution is -2.39. The van der Waals surface area contributed by atoms with Gasteiger partial charge in [-0.05, 0) is 31.8 Å². The molecule has 1 unspecified atom stereocenters. The van der Waals surface area contributed by atoms with Crippen LogP contribution in [-0.4, -0.2) is 22.1 Å². The first-order chi connectivity index (χ1) is 8.68. The molecule has 0 aliphatic rings. The SMILES string of the molecule is CNC(C)(C#N)CCn1ccnc1-c1cccs1. The van der Waals surface area contributed by atoms with E-state index < -0.39 is 5.54 Å². The van der Waals surface area contributed by atoms with Gasteiger partial charge in [0.05, 0.1) is 10.9 Å². The number of nitrogens with one attached hydrogen (secondary N) is 1. The number of aryl methyl sites for hydroxylation is 1. The van der Waals surface area contributed by atoms with Crippen LogP contribution in [0, 0.1) is 11.3 Å². The van der Waals surface area contributed by atoms with Crippen molar-refractivity contribution in [3.63, 3.8) is 0 Å². The summed E-state index contributed by atoms with van der Waals surface area (Å²) in [6.07, 6.45) is 4.51. The summed E-state index contributed by atoms with van der Waals surface area (Å²) in [4.78, 5) is 5.54. The van der Waals surface area contributed by atoms with Crippen molar-refractivity contribution in [2.24, 2.45) is 0 Å². The van der Waals surface area contributed by atoms with Crippen LogP contribution in [0.1, 0.15) is 13.3 Å². The molecule has 0 radical (unpaired) electrons. The molecule has 0 aliphatic heterocycles. The molecule has 0 saturated heterocycles. The summed E-state index contributed by atoms with van der Waals surface area (Å²) in [6, 6.07) is 6.38. The number of nitriles is 1. The molecule has 0 fully saturated rings. The lowest BCUT2D eigenvalue weighted by atomic mass is 10.0. The minimum atomic E-state index is -0.489. The van der Waals surface area contributed by atoms with Gasteiger partial charge < -0.3 is 9.88 Å². The maximum Gasteiger partial charge on any atom is 0.149 e. The highest BCUT2D eigenvalue weighted by molar-refractivity contribution is 7.13. The maximum absolute atomic E-state index is 9.13. The second-order valence-corrected chi connectivity index (χ2v) is 5.31. The van der Waals surface area contributed by atoms with Crippen molar-refractivity contribution in [3.8, 4) is 16.8 Å². The van der Waals surface area contributed by atoms with Gasteiger partial charge in [-0.15, -0.1) is 11.3 Å². The standard InChI is InChI=1S/C13H16N4S/c1-13(10-14,15-2)5-7-17-8-6-16-12(17)11-4-3-9-18-11/h3-4,6,8-9,15H,5,7H2,1-2H3. The Kier molecular flexibility index (Phi) is 3.80. The Hall–Kier alpha value is -1.64. The topological polar surface area (TPSA) is 53.6 Å². The summed E-state index contributed by atoms with van der Waals surface area (Å²) >= 11 is 1.68. The minimum Gasteiger partial charge on any atom is -0.330 e. The summed E-state index contributed by atoms with van der Waals surface area (Å²) in [5.41, 5.74) is -0.489. The average molecular weight is 260 g/mol. The van der Waals surface area contributed by atoms with E-state index in [0.717, 1.165) is 23.7 Å². The van der Waals surface area contributed by atoms with Crippen LogP contribution in [0.5, 0.6) is 0 Å². The molecule has 2 rings (SSSR count). The Morgan fingerprint density at radius 1 is 1.61 bits per heavy atom. The molecule has 0 bridgehead atoms. The van der Waals surface area contributed by atoms with Crippen molar-refractivity contribution in [2.75, 3.05) is 7.05 Å². The van der Waals surface area contributed by atoms with Gasteiger partial charge in [0.1, 0.15) is 11.4 Å². The average Bonchev–Trinajstić information content (AvgIpc) is 3.05. The van der Waals surface area contributed by atoms with Crippen molar-refractivity contribution < 1.29 is 0 Å². The van der Waals surface area contributed by atoms with Gasteiger partial charge in [-0.3, -0.25) is 0 Å². The maximum atomic E-state index is 9.13. The second kappa shape index (κ2) is 5.34. The normalized spacial score (nSPS) is 14.1. The first-order valence-corrected chi connectivity index (χ1v) is 6.72. The van der Waals surface area contributed by atoms with Gasteiger partial charge in [0.2, 0.25) is 0 Å². The molecule has 0 aromatic carbocycles. The van der Waals surface area contributed by atoms with E-state index in [1.54, 1.807) is 17.5 Å². The molecule has 5 heteroatoms. The molecule has 4 nitrogen and oxygen atoms in total. The van der Waals surface area contributed by atoms with Crippen LogP contribution in [0.4, 0.5) is 0 Å². The van der Waals surface area contributed by atoms with E-state index in [0.29, 0.717) is 0 Å². The van der Waals surface area contributed by atoms with Crippen LogP contribution in [-0.2, 0) is 6.54 Å². The van der Waals surface area contributed by atoms with Crippen molar-refractivity contribution in [2.45, 2.75) is 25.4 Å². The van der Waals surface area contributed by atoms with Gasteiger partial charge in [0, 0.05) is 18.9 Å². The third-order valence-electron chi connectivity index (χ3n) is 3.11. The minimum absolute atomic E-state index is 0.489. The van der Waals surface area contributed by atoms with Gasteiger partial charge in [-0.2, -0.15) is 5.26 Å². The van der Waals surface area contributed by atoms with E-state index >= 15 is 0 Å². The number of imidazole rings is 1. The van der Waals surface area contributed by atoms with E-state index in [9.17, 15) is 0 Å². The Labute approximate surface area is 111 Å². The highest BCUT2D eigenvalue weighted by Crippen LogP contribution is 2.23. The Morgan fingerprint density at radius 2 is 2.44 bits per heavy atom. The van der Waals surface area contributed by atoms with E-state index in [-0.39, 0.29) is 0 Å². The van der Waals surface area contributed by atoms with Crippen molar-refractivity contribution in [1.82, 2.24) is 14.9 Å². The largest absolute Gasteiger partial charge is 0.330 e. The molecule has 0 saturated carbocycles. The molecule has 2 heterocycles. The monoisotopic (exact) mass is 260 g/mol. The Morgan fingerprint density at radius 3 is 3.06 bits per heavy atom.